The minimum atomic E-state index is -2.98. The number of sulfone groups is 1. The van der Waals surface area contributed by atoms with Crippen LogP contribution in [0, 0.1) is 0 Å². The highest BCUT2D eigenvalue weighted by Crippen LogP contribution is 1.94. The van der Waals surface area contributed by atoms with Crippen LogP contribution in [0.15, 0.2) is 11.3 Å². The molecule has 0 atom stereocenters. The number of nitrogens with one attached hydrogen (secondary N) is 2. The van der Waals surface area contributed by atoms with Crippen LogP contribution < -0.4 is 10.6 Å². The fourth-order valence-corrected chi connectivity index (χ4v) is 2.47. The van der Waals surface area contributed by atoms with Gasteiger partial charge in [0.1, 0.15) is 12.2 Å². The average Bonchev–Trinajstić information content (AvgIpc) is 2.94. The van der Waals surface area contributed by atoms with Gasteiger partial charge in [-0.1, -0.05) is 13.8 Å². The van der Waals surface area contributed by atoms with Crippen molar-refractivity contribution >= 4 is 15.8 Å². The number of hydrogen-bond donors (Lipinski definition) is 2. The SMILES string of the molecule is CCNC(=NCCS(=O)(=O)CC)NCCn1cnnc1CC. The van der Waals surface area contributed by atoms with Crippen molar-refractivity contribution in [3.05, 3.63) is 12.2 Å². The number of aryl methyl sites for hydroxylation is 1. The maximum absolute atomic E-state index is 11.5. The third-order valence-corrected chi connectivity index (χ3v) is 4.80. The number of aliphatic imine (C=N–C) groups is 1. The van der Waals surface area contributed by atoms with Crippen molar-refractivity contribution in [2.24, 2.45) is 4.99 Å². The van der Waals surface area contributed by atoms with E-state index in [9.17, 15) is 8.42 Å². The monoisotopic (exact) mass is 330 g/mol. The Bertz CT molecular complexity index is 567. The summed E-state index contributed by atoms with van der Waals surface area (Å²) in [5, 5.41) is 14.2. The van der Waals surface area contributed by atoms with Gasteiger partial charge in [-0.3, -0.25) is 4.99 Å². The summed E-state index contributed by atoms with van der Waals surface area (Å²) >= 11 is 0. The first kappa shape index (κ1) is 18.4. The smallest absolute Gasteiger partial charge is 0.191 e. The first-order valence-corrected chi connectivity index (χ1v) is 9.43. The molecule has 2 N–H and O–H groups in total. The van der Waals surface area contributed by atoms with Crippen molar-refractivity contribution in [1.29, 1.82) is 0 Å². The first-order chi connectivity index (χ1) is 10.5. The summed E-state index contributed by atoms with van der Waals surface area (Å²) in [6.45, 7) is 8.03. The third kappa shape index (κ3) is 6.42. The predicted octanol–water partition coefficient (Wildman–Crippen LogP) is -0.170. The van der Waals surface area contributed by atoms with Crippen molar-refractivity contribution in [1.82, 2.24) is 25.4 Å². The fraction of sp³-hybridized carbons (Fsp3) is 0.769. The molecule has 0 bridgehead atoms. The van der Waals surface area contributed by atoms with E-state index in [1.54, 1.807) is 13.3 Å². The van der Waals surface area contributed by atoms with Gasteiger partial charge >= 0.3 is 0 Å². The molecule has 0 amide bonds. The van der Waals surface area contributed by atoms with Crippen LogP contribution in [0.2, 0.25) is 0 Å². The quantitative estimate of drug-likeness (QED) is 0.481. The molecule has 126 valence electrons. The van der Waals surface area contributed by atoms with Crippen LogP contribution in [-0.4, -0.2) is 60.3 Å². The van der Waals surface area contributed by atoms with Crippen LogP contribution in [0.1, 0.15) is 26.6 Å². The van der Waals surface area contributed by atoms with Gasteiger partial charge in [-0.15, -0.1) is 10.2 Å². The molecular weight excluding hydrogens is 304 g/mol. The van der Waals surface area contributed by atoms with Crippen LogP contribution >= 0.6 is 0 Å². The van der Waals surface area contributed by atoms with Crippen molar-refractivity contribution in [3.8, 4) is 0 Å². The summed E-state index contributed by atoms with van der Waals surface area (Å²) in [6, 6.07) is 0. The van der Waals surface area contributed by atoms with Crippen LogP contribution in [0.5, 0.6) is 0 Å². The van der Waals surface area contributed by atoms with Crippen molar-refractivity contribution in [2.45, 2.75) is 33.7 Å². The van der Waals surface area contributed by atoms with E-state index in [-0.39, 0.29) is 18.1 Å². The zero-order chi connectivity index (χ0) is 16.4. The van der Waals surface area contributed by atoms with Gasteiger partial charge in [0.25, 0.3) is 0 Å². The van der Waals surface area contributed by atoms with Gasteiger partial charge in [-0.05, 0) is 6.92 Å². The molecule has 0 radical (unpaired) electrons. The maximum atomic E-state index is 11.5. The molecule has 1 rings (SSSR count). The van der Waals surface area contributed by atoms with E-state index < -0.39 is 9.84 Å². The van der Waals surface area contributed by atoms with Crippen LogP contribution in [0.25, 0.3) is 0 Å². The van der Waals surface area contributed by atoms with Crippen molar-refractivity contribution in [3.63, 3.8) is 0 Å². The lowest BCUT2D eigenvalue weighted by Gasteiger charge is -2.12. The van der Waals surface area contributed by atoms with Crippen LogP contribution in [0.3, 0.4) is 0 Å². The Kier molecular flexibility index (Phi) is 7.86. The highest BCUT2D eigenvalue weighted by molar-refractivity contribution is 7.91. The second-order valence-corrected chi connectivity index (χ2v) is 7.19. The highest BCUT2D eigenvalue weighted by Gasteiger charge is 2.06. The molecule has 0 saturated carbocycles. The molecule has 1 aromatic heterocycles. The van der Waals surface area contributed by atoms with Crippen molar-refractivity contribution < 1.29 is 8.42 Å². The van der Waals surface area contributed by atoms with E-state index >= 15 is 0 Å². The lowest BCUT2D eigenvalue weighted by atomic mass is 10.4. The lowest BCUT2D eigenvalue weighted by Crippen LogP contribution is -2.39. The molecule has 0 aliphatic carbocycles. The molecule has 0 saturated heterocycles. The number of aromatic nitrogens is 3. The number of hydrogen-bond acceptors (Lipinski definition) is 5. The van der Waals surface area contributed by atoms with Crippen molar-refractivity contribution in [2.75, 3.05) is 31.1 Å². The maximum Gasteiger partial charge on any atom is 0.191 e. The molecule has 0 aliphatic rings. The zero-order valence-corrected chi connectivity index (χ0v) is 14.4. The van der Waals surface area contributed by atoms with Gasteiger partial charge in [0.2, 0.25) is 0 Å². The summed E-state index contributed by atoms with van der Waals surface area (Å²) in [6.07, 6.45) is 2.54. The first-order valence-electron chi connectivity index (χ1n) is 7.61. The van der Waals surface area contributed by atoms with Gasteiger partial charge < -0.3 is 15.2 Å². The summed E-state index contributed by atoms with van der Waals surface area (Å²) < 4.78 is 24.9. The molecule has 0 unspecified atom stereocenters. The molecule has 9 heteroatoms. The summed E-state index contributed by atoms with van der Waals surface area (Å²) in [5.41, 5.74) is 0. The third-order valence-electron chi connectivity index (χ3n) is 3.11. The number of rotatable bonds is 9. The molecule has 1 aromatic rings. The van der Waals surface area contributed by atoms with Gasteiger partial charge in [0.05, 0.1) is 12.3 Å². The Balaban J connectivity index is 2.46. The van der Waals surface area contributed by atoms with E-state index in [0.717, 1.165) is 25.3 Å². The second-order valence-electron chi connectivity index (χ2n) is 4.72. The van der Waals surface area contributed by atoms with E-state index in [1.165, 1.54) is 0 Å². The average molecular weight is 330 g/mol. The Labute approximate surface area is 132 Å². The predicted molar refractivity (Wildman–Crippen MR) is 87.7 cm³/mol. The van der Waals surface area contributed by atoms with Gasteiger partial charge in [0.15, 0.2) is 15.8 Å². The van der Waals surface area contributed by atoms with Crippen LogP contribution in [-0.2, 0) is 22.8 Å². The summed E-state index contributed by atoms with van der Waals surface area (Å²) in [4.78, 5) is 4.28. The molecule has 1 heterocycles. The molecule has 0 spiro atoms. The lowest BCUT2D eigenvalue weighted by molar-refractivity contribution is 0.597. The molecule has 0 aromatic carbocycles. The Hall–Kier alpha value is -1.64. The molecular formula is C13H26N6O2S. The molecule has 22 heavy (non-hydrogen) atoms. The molecule has 0 aliphatic heterocycles. The largest absolute Gasteiger partial charge is 0.357 e. The Morgan fingerprint density at radius 2 is 2.09 bits per heavy atom. The zero-order valence-electron chi connectivity index (χ0n) is 13.5. The minimum absolute atomic E-state index is 0.0749. The summed E-state index contributed by atoms with van der Waals surface area (Å²) in [5.74, 6) is 1.79. The van der Waals surface area contributed by atoms with E-state index in [4.69, 9.17) is 0 Å². The fourth-order valence-electron chi connectivity index (χ4n) is 1.82. The molecule has 8 nitrogen and oxygen atoms in total. The molecule has 0 fully saturated rings. The Morgan fingerprint density at radius 3 is 2.73 bits per heavy atom. The number of nitrogens with zero attached hydrogens (tertiary/aromatic N) is 4. The van der Waals surface area contributed by atoms with Gasteiger partial charge in [0, 0.05) is 31.8 Å². The number of guanidine groups is 1. The topological polar surface area (TPSA) is 101 Å². The highest BCUT2D eigenvalue weighted by atomic mass is 32.2. The normalized spacial score (nSPS) is 12.4. The Morgan fingerprint density at radius 1 is 1.32 bits per heavy atom. The summed E-state index contributed by atoms with van der Waals surface area (Å²) in [7, 11) is -2.98. The standard InChI is InChI=1S/C13H26N6O2S/c1-4-12-18-17-11-19(12)9-7-15-13(14-5-2)16-8-10-22(20,21)6-3/h11H,4-10H2,1-3H3,(H2,14,15,16). The van der Waals surface area contributed by atoms with Gasteiger partial charge in [-0.25, -0.2) is 8.42 Å². The van der Waals surface area contributed by atoms with Gasteiger partial charge in [-0.2, -0.15) is 0 Å². The van der Waals surface area contributed by atoms with E-state index in [0.29, 0.717) is 12.5 Å². The minimum Gasteiger partial charge on any atom is -0.357 e. The van der Waals surface area contributed by atoms with E-state index in [1.807, 2.05) is 18.4 Å². The second kappa shape index (κ2) is 9.39. The van der Waals surface area contributed by atoms with E-state index in [2.05, 4.69) is 25.8 Å². The van der Waals surface area contributed by atoms with Crippen LogP contribution in [0.4, 0.5) is 0 Å².